The van der Waals surface area contributed by atoms with Crippen molar-refractivity contribution in [2.24, 2.45) is 5.92 Å². The van der Waals surface area contributed by atoms with Crippen LogP contribution in [-0.4, -0.2) is 47.8 Å². The van der Waals surface area contributed by atoms with Crippen LogP contribution in [0.4, 0.5) is 18.0 Å². The average Bonchev–Trinajstić information content (AvgIpc) is 2.63. The number of halogens is 3. The highest BCUT2D eigenvalue weighted by Gasteiger charge is 2.34. The normalized spacial score (nSPS) is 23.8. The molecule has 0 aromatic heterocycles. The van der Waals surface area contributed by atoms with Crippen molar-refractivity contribution in [3.8, 4) is 0 Å². The summed E-state index contributed by atoms with van der Waals surface area (Å²) in [7, 11) is 1.05. The summed E-state index contributed by atoms with van der Waals surface area (Å²) in [6, 6.07) is -1.20. The molecule has 0 aromatic carbocycles. The molecule has 5 nitrogen and oxygen atoms in total. The molecule has 0 aliphatic heterocycles. The number of carbonyl (C=O) groups is 2. The lowest BCUT2D eigenvalue weighted by Gasteiger charge is -2.22. The fourth-order valence-electron chi connectivity index (χ4n) is 1.96. The summed E-state index contributed by atoms with van der Waals surface area (Å²) < 4.78 is 36.1. The molecule has 0 heterocycles. The Morgan fingerprint density at radius 2 is 2.00 bits per heavy atom. The number of nitrogens with zero attached hydrogens (tertiary/aromatic N) is 1. The first-order valence-corrected chi connectivity index (χ1v) is 5.50. The van der Waals surface area contributed by atoms with Gasteiger partial charge in [0.15, 0.2) is 0 Å². The first-order valence-electron chi connectivity index (χ1n) is 5.50. The Morgan fingerprint density at radius 1 is 1.39 bits per heavy atom. The number of amides is 2. The Hall–Kier alpha value is -1.47. The minimum Gasteiger partial charge on any atom is -0.481 e. The van der Waals surface area contributed by atoms with Gasteiger partial charge in [0.1, 0.15) is 6.54 Å². The van der Waals surface area contributed by atoms with Crippen LogP contribution in [0, 0.1) is 5.92 Å². The molecule has 0 spiro atoms. The summed E-state index contributed by atoms with van der Waals surface area (Å²) in [4.78, 5) is 22.6. The summed E-state index contributed by atoms with van der Waals surface area (Å²) in [5.41, 5.74) is 0. The topological polar surface area (TPSA) is 69.6 Å². The maximum atomic E-state index is 12.0. The number of hydrogen-bond acceptors (Lipinski definition) is 2. The first-order chi connectivity index (χ1) is 8.19. The third-order valence-corrected chi connectivity index (χ3v) is 2.87. The molecule has 1 aliphatic carbocycles. The fourth-order valence-corrected chi connectivity index (χ4v) is 1.96. The van der Waals surface area contributed by atoms with E-state index in [-0.39, 0.29) is 12.5 Å². The van der Waals surface area contributed by atoms with E-state index < -0.39 is 30.6 Å². The Labute approximate surface area is 102 Å². The largest absolute Gasteiger partial charge is 0.481 e. The number of urea groups is 1. The van der Waals surface area contributed by atoms with Crippen molar-refractivity contribution in [1.29, 1.82) is 0 Å². The summed E-state index contributed by atoms with van der Waals surface area (Å²) in [5.74, 6) is -1.46. The zero-order chi connectivity index (χ0) is 13.9. The quantitative estimate of drug-likeness (QED) is 0.813. The van der Waals surface area contributed by atoms with Crippen LogP contribution in [0.25, 0.3) is 0 Å². The van der Waals surface area contributed by atoms with Gasteiger partial charge in [0, 0.05) is 13.1 Å². The van der Waals surface area contributed by atoms with E-state index in [0.29, 0.717) is 17.7 Å². The summed E-state index contributed by atoms with van der Waals surface area (Å²) >= 11 is 0. The van der Waals surface area contributed by atoms with Crippen LogP contribution in [0.3, 0.4) is 0 Å². The van der Waals surface area contributed by atoms with Crippen LogP contribution >= 0.6 is 0 Å². The van der Waals surface area contributed by atoms with Crippen LogP contribution < -0.4 is 5.32 Å². The highest BCUT2D eigenvalue weighted by molar-refractivity contribution is 5.75. The molecule has 0 radical (unpaired) electrons. The van der Waals surface area contributed by atoms with Gasteiger partial charge < -0.3 is 15.3 Å². The van der Waals surface area contributed by atoms with Gasteiger partial charge in [-0.2, -0.15) is 13.2 Å². The standard InChI is InChI=1S/C10H15F3N2O3/c1-15(5-10(11,12)13)9(18)14-7-3-2-6(4-7)8(16)17/h6-7H,2-5H2,1H3,(H,14,18)(H,16,17)/t6-,7+/m1/s1. The minimum atomic E-state index is -4.44. The molecule has 2 atom stereocenters. The van der Waals surface area contributed by atoms with Crippen LogP contribution in [0.5, 0.6) is 0 Å². The van der Waals surface area contributed by atoms with E-state index >= 15 is 0 Å². The molecule has 1 aliphatic rings. The lowest BCUT2D eigenvalue weighted by molar-refractivity contribution is -0.141. The van der Waals surface area contributed by atoms with E-state index in [2.05, 4.69) is 5.32 Å². The van der Waals surface area contributed by atoms with Crippen LogP contribution in [-0.2, 0) is 4.79 Å². The number of carboxylic acid groups (broad SMARTS) is 1. The molecular weight excluding hydrogens is 253 g/mol. The highest BCUT2D eigenvalue weighted by atomic mass is 19.4. The van der Waals surface area contributed by atoms with Crippen LogP contribution in [0.2, 0.25) is 0 Å². The van der Waals surface area contributed by atoms with E-state index in [4.69, 9.17) is 5.11 Å². The Bertz CT molecular complexity index is 333. The van der Waals surface area contributed by atoms with Crippen molar-refractivity contribution in [1.82, 2.24) is 10.2 Å². The van der Waals surface area contributed by atoms with Gasteiger partial charge in [-0.15, -0.1) is 0 Å². The van der Waals surface area contributed by atoms with Crippen molar-refractivity contribution in [2.75, 3.05) is 13.6 Å². The number of alkyl halides is 3. The number of carbonyl (C=O) groups excluding carboxylic acids is 1. The predicted molar refractivity (Wildman–Crippen MR) is 56.0 cm³/mol. The second-order valence-electron chi connectivity index (χ2n) is 4.47. The average molecular weight is 268 g/mol. The molecule has 1 fully saturated rings. The van der Waals surface area contributed by atoms with Crippen molar-refractivity contribution < 1.29 is 27.9 Å². The first kappa shape index (κ1) is 14.6. The molecule has 0 unspecified atom stereocenters. The summed E-state index contributed by atoms with van der Waals surface area (Å²) in [6.45, 7) is -1.33. The van der Waals surface area contributed by atoms with Crippen LogP contribution in [0.15, 0.2) is 0 Å². The molecular formula is C10H15F3N2O3. The molecule has 0 saturated heterocycles. The number of nitrogens with one attached hydrogen (secondary N) is 1. The van der Waals surface area contributed by atoms with Crippen LogP contribution in [0.1, 0.15) is 19.3 Å². The maximum absolute atomic E-state index is 12.0. The van der Waals surface area contributed by atoms with Crippen molar-refractivity contribution in [3.63, 3.8) is 0 Å². The van der Waals surface area contributed by atoms with Gasteiger partial charge in [0.25, 0.3) is 0 Å². The summed E-state index contributed by atoms with van der Waals surface area (Å²) in [5, 5.41) is 11.2. The van der Waals surface area contributed by atoms with Crippen molar-refractivity contribution in [3.05, 3.63) is 0 Å². The van der Waals surface area contributed by atoms with E-state index in [9.17, 15) is 22.8 Å². The molecule has 1 rings (SSSR count). The third-order valence-electron chi connectivity index (χ3n) is 2.87. The fraction of sp³-hybridized carbons (Fsp3) is 0.800. The molecule has 8 heteroatoms. The molecule has 0 bridgehead atoms. The Kier molecular flexibility index (Phi) is 4.42. The smallest absolute Gasteiger partial charge is 0.406 e. The molecule has 2 N–H and O–H groups in total. The number of rotatable bonds is 3. The number of carboxylic acids is 1. The maximum Gasteiger partial charge on any atom is 0.406 e. The number of hydrogen-bond donors (Lipinski definition) is 2. The SMILES string of the molecule is CN(CC(F)(F)F)C(=O)N[C@H]1CC[C@@H](C(=O)O)C1. The minimum absolute atomic E-state index is 0.265. The van der Waals surface area contributed by atoms with Gasteiger partial charge in [-0.1, -0.05) is 0 Å². The third kappa shape index (κ3) is 4.42. The van der Waals surface area contributed by atoms with Gasteiger partial charge in [-0.3, -0.25) is 4.79 Å². The highest BCUT2D eigenvalue weighted by Crippen LogP contribution is 2.25. The second kappa shape index (κ2) is 5.45. The van der Waals surface area contributed by atoms with E-state index in [1.165, 1.54) is 0 Å². The van der Waals surface area contributed by atoms with Gasteiger partial charge in [0.05, 0.1) is 5.92 Å². The lowest BCUT2D eigenvalue weighted by Crippen LogP contribution is -2.45. The molecule has 2 amide bonds. The lowest BCUT2D eigenvalue weighted by atomic mass is 10.1. The molecule has 104 valence electrons. The van der Waals surface area contributed by atoms with Crippen molar-refractivity contribution in [2.45, 2.75) is 31.5 Å². The Morgan fingerprint density at radius 3 is 2.44 bits per heavy atom. The predicted octanol–water partition coefficient (Wildman–Crippen LogP) is 1.44. The second-order valence-corrected chi connectivity index (χ2v) is 4.47. The van der Waals surface area contributed by atoms with Gasteiger partial charge in [-0.05, 0) is 19.3 Å². The van der Waals surface area contributed by atoms with Gasteiger partial charge in [-0.25, -0.2) is 4.79 Å². The zero-order valence-corrected chi connectivity index (χ0v) is 9.83. The van der Waals surface area contributed by atoms with Gasteiger partial charge in [0.2, 0.25) is 0 Å². The van der Waals surface area contributed by atoms with Crippen molar-refractivity contribution >= 4 is 12.0 Å². The van der Waals surface area contributed by atoms with Gasteiger partial charge >= 0.3 is 18.2 Å². The zero-order valence-electron chi connectivity index (χ0n) is 9.83. The molecule has 0 aromatic rings. The molecule has 1 saturated carbocycles. The monoisotopic (exact) mass is 268 g/mol. The van der Waals surface area contributed by atoms with E-state index in [1.807, 2.05) is 0 Å². The summed E-state index contributed by atoms with van der Waals surface area (Å²) in [6.07, 6.45) is -3.27. The van der Waals surface area contributed by atoms with E-state index in [0.717, 1.165) is 7.05 Å². The number of aliphatic carboxylic acids is 1. The molecule has 18 heavy (non-hydrogen) atoms. The van der Waals surface area contributed by atoms with E-state index in [1.54, 1.807) is 0 Å². The Balaban J connectivity index is 2.39.